The van der Waals surface area contributed by atoms with Crippen molar-refractivity contribution in [1.29, 1.82) is 5.26 Å². The second-order valence-electron chi connectivity index (χ2n) is 3.70. The number of nitriles is 1. The summed E-state index contributed by atoms with van der Waals surface area (Å²) < 4.78 is 26.4. The van der Waals surface area contributed by atoms with Crippen molar-refractivity contribution in [2.75, 3.05) is 26.1 Å². The van der Waals surface area contributed by atoms with E-state index >= 15 is 0 Å². The lowest BCUT2D eigenvalue weighted by Gasteiger charge is -2.31. The molecular formula is C8H15N2O3S+. The molecule has 1 aliphatic rings. The van der Waals surface area contributed by atoms with Crippen LogP contribution in [0.3, 0.4) is 0 Å². The number of hydrogen-bond acceptors (Lipinski definition) is 4. The van der Waals surface area contributed by atoms with Crippen LogP contribution in [-0.2, 0) is 14.3 Å². The molecule has 1 fully saturated rings. The second kappa shape index (κ2) is 4.26. The van der Waals surface area contributed by atoms with Crippen LogP contribution < -0.4 is 0 Å². The summed E-state index contributed by atoms with van der Waals surface area (Å²) in [6.07, 6.45) is 6.17. The molecule has 0 atom stereocenters. The van der Waals surface area contributed by atoms with Gasteiger partial charge in [-0.15, -0.1) is 5.26 Å². The van der Waals surface area contributed by atoms with E-state index in [9.17, 15) is 8.42 Å². The van der Waals surface area contributed by atoms with Gasteiger partial charge in [-0.05, 0) is 19.3 Å². The van der Waals surface area contributed by atoms with E-state index in [4.69, 9.17) is 5.26 Å². The van der Waals surface area contributed by atoms with Crippen LogP contribution in [0.2, 0.25) is 0 Å². The summed E-state index contributed by atoms with van der Waals surface area (Å²) in [5.41, 5.74) is 0. The first-order chi connectivity index (χ1) is 6.47. The Morgan fingerprint density at radius 1 is 1.36 bits per heavy atom. The summed E-state index contributed by atoms with van der Waals surface area (Å²) in [5.74, 6) is 0. The average Bonchev–Trinajstić information content (AvgIpc) is 2.15. The topological polar surface area (TPSA) is 67.2 Å². The predicted molar refractivity (Wildman–Crippen MR) is 50.3 cm³/mol. The van der Waals surface area contributed by atoms with E-state index in [1.165, 1.54) is 0 Å². The highest BCUT2D eigenvalue weighted by Gasteiger charge is 2.32. The Balaban J connectivity index is 2.58. The molecule has 6 heteroatoms. The molecule has 0 radical (unpaired) electrons. The fraction of sp³-hybridized carbons (Fsp3) is 0.875. The SMILES string of the molecule is CS(=O)(=O)OC[N+]1(C#N)CCCCC1. The van der Waals surface area contributed by atoms with Crippen LogP contribution in [0.1, 0.15) is 19.3 Å². The highest BCUT2D eigenvalue weighted by atomic mass is 32.2. The normalized spacial score (nSPS) is 21.4. The van der Waals surface area contributed by atoms with Crippen molar-refractivity contribution in [3.8, 4) is 6.19 Å². The van der Waals surface area contributed by atoms with Crippen molar-refractivity contribution < 1.29 is 17.1 Å². The molecule has 1 aliphatic heterocycles. The van der Waals surface area contributed by atoms with Gasteiger partial charge in [0, 0.05) is 0 Å². The first-order valence-corrected chi connectivity index (χ1v) is 6.41. The lowest BCUT2D eigenvalue weighted by Crippen LogP contribution is -2.49. The van der Waals surface area contributed by atoms with E-state index in [2.05, 4.69) is 10.4 Å². The number of quaternary nitrogens is 1. The third-order valence-corrected chi connectivity index (χ3v) is 2.93. The quantitative estimate of drug-likeness (QED) is 0.391. The predicted octanol–water partition coefficient (Wildman–Crippen LogP) is 0.402. The molecule has 80 valence electrons. The van der Waals surface area contributed by atoms with E-state index in [0.29, 0.717) is 13.1 Å². The van der Waals surface area contributed by atoms with Crippen molar-refractivity contribution in [1.82, 2.24) is 0 Å². The van der Waals surface area contributed by atoms with Crippen molar-refractivity contribution >= 4 is 10.1 Å². The third kappa shape index (κ3) is 3.25. The van der Waals surface area contributed by atoms with Gasteiger partial charge in [-0.2, -0.15) is 8.42 Å². The molecule has 0 N–H and O–H groups in total. The van der Waals surface area contributed by atoms with E-state index in [1.54, 1.807) is 0 Å². The number of nitrogens with zero attached hydrogens (tertiary/aromatic N) is 2. The van der Waals surface area contributed by atoms with Crippen LogP contribution in [0.4, 0.5) is 0 Å². The maximum absolute atomic E-state index is 10.8. The number of likely N-dealkylation sites (tertiary alicyclic amines) is 1. The number of hydrogen-bond donors (Lipinski definition) is 0. The molecule has 1 rings (SSSR count). The first kappa shape index (κ1) is 11.4. The third-order valence-electron chi connectivity index (χ3n) is 2.40. The van der Waals surface area contributed by atoms with Crippen LogP contribution in [-0.4, -0.2) is 39.0 Å². The Kier molecular flexibility index (Phi) is 3.48. The minimum absolute atomic E-state index is 0.0463. The Morgan fingerprint density at radius 3 is 2.36 bits per heavy atom. The summed E-state index contributed by atoms with van der Waals surface area (Å²) in [6, 6.07) is 0. The van der Waals surface area contributed by atoms with Crippen LogP contribution in [0, 0.1) is 11.5 Å². The van der Waals surface area contributed by atoms with Crippen LogP contribution in [0.5, 0.6) is 0 Å². The molecule has 0 saturated carbocycles. The summed E-state index contributed by atoms with van der Waals surface area (Å²) in [7, 11) is -3.44. The monoisotopic (exact) mass is 219 g/mol. The summed E-state index contributed by atoms with van der Waals surface area (Å²) >= 11 is 0. The van der Waals surface area contributed by atoms with Gasteiger partial charge in [0.25, 0.3) is 10.1 Å². The molecule has 14 heavy (non-hydrogen) atoms. The molecule has 0 aliphatic carbocycles. The van der Waals surface area contributed by atoms with E-state index in [-0.39, 0.29) is 11.2 Å². The van der Waals surface area contributed by atoms with Crippen LogP contribution in [0.25, 0.3) is 0 Å². The largest absolute Gasteiger partial charge is 0.310 e. The maximum atomic E-state index is 10.8. The van der Waals surface area contributed by atoms with E-state index in [1.807, 2.05) is 0 Å². The fourth-order valence-corrected chi connectivity index (χ4v) is 1.97. The smallest absolute Gasteiger partial charge is 0.215 e. The van der Waals surface area contributed by atoms with Crippen molar-refractivity contribution in [3.05, 3.63) is 0 Å². The first-order valence-electron chi connectivity index (χ1n) is 4.59. The molecule has 0 amide bonds. The minimum atomic E-state index is -3.44. The van der Waals surface area contributed by atoms with Gasteiger partial charge < -0.3 is 0 Å². The molecular weight excluding hydrogens is 204 g/mol. The Hall–Kier alpha value is -0.640. The number of piperidine rings is 1. The zero-order chi connectivity index (χ0) is 10.7. The highest BCUT2D eigenvalue weighted by Crippen LogP contribution is 2.17. The lowest BCUT2D eigenvalue weighted by atomic mass is 10.1. The van der Waals surface area contributed by atoms with Gasteiger partial charge in [0.2, 0.25) is 6.73 Å². The Bertz CT molecular complexity index is 325. The summed E-state index contributed by atoms with van der Waals surface area (Å²) in [4.78, 5) is 0. The minimum Gasteiger partial charge on any atom is -0.215 e. The molecule has 0 aromatic heterocycles. The van der Waals surface area contributed by atoms with Gasteiger partial charge in [-0.3, -0.25) is 0 Å². The molecule has 1 saturated heterocycles. The van der Waals surface area contributed by atoms with Crippen molar-refractivity contribution in [2.24, 2.45) is 0 Å². The van der Waals surface area contributed by atoms with E-state index in [0.717, 1.165) is 25.5 Å². The Labute approximate surface area is 84.6 Å². The maximum Gasteiger partial charge on any atom is 0.310 e. The van der Waals surface area contributed by atoms with Gasteiger partial charge in [-0.25, -0.2) is 8.67 Å². The number of rotatable bonds is 3. The zero-order valence-corrected chi connectivity index (χ0v) is 9.09. The van der Waals surface area contributed by atoms with E-state index < -0.39 is 10.1 Å². The molecule has 0 aromatic rings. The zero-order valence-electron chi connectivity index (χ0n) is 8.27. The molecule has 0 aromatic carbocycles. The molecule has 1 heterocycles. The van der Waals surface area contributed by atoms with Gasteiger partial charge in [0.1, 0.15) is 0 Å². The lowest BCUT2D eigenvalue weighted by molar-refractivity contribution is -0.886. The Morgan fingerprint density at radius 2 is 1.93 bits per heavy atom. The van der Waals surface area contributed by atoms with Gasteiger partial charge in [-0.1, -0.05) is 0 Å². The summed E-state index contributed by atoms with van der Waals surface area (Å²) in [5, 5.41) is 8.99. The highest BCUT2D eigenvalue weighted by molar-refractivity contribution is 7.85. The second-order valence-corrected chi connectivity index (χ2v) is 5.35. The standard InChI is InChI=1S/C8H15N2O3S/c1-14(11,12)13-8-10(7-9)5-3-2-4-6-10/h2-6,8H2,1H3/q+1. The molecule has 0 unspecified atom stereocenters. The van der Waals surface area contributed by atoms with Crippen LogP contribution >= 0.6 is 0 Å². The van der Waals surface area contributed by atoms with Crippen molar-refractivity contribution in [3.63, 3.8) is 0 Å². The average molecular weight is 219 g/mol. The van der Waals surface area contributed by atoms with Gasteiger partial charge in [0.15, 0.2) is 0 Å². The molecule has 0 spiro atoms. The van der Waals surface area contributed by atoms with Crippen LogP contribution in [0.15, 0.2) is 0 Å². The van der Waals surface area contributed by atoms with Gasteiger partial charge >= 0.3 is 6.19 Å². The summed E-state index contributed by atoms with van der Waals surface area (Å²) in [6.45, 7) is 1.33. The fourth-order valence-electron chi connectivity index (χ4n) is 1.57. The molecule has 0 bridgehead atoms. The van der Waals surface area contributed by atoms with Gasteiger partial charge in [0.05, 0.1) is 19.3 Å². The molecule has 5 nitrogen and oxygen atoms in total. The van der Waals surface area contributed by atoms with Crippen molar-refractivity contribution in [2.45, 2.75) is 19.3 Å².